The second-order valence-corrected chi connectivity index (χ2v) is 15.1. The van der Waals surface area contributed by atoms with Gasteiger partial charge in [0.15, 0.2) is 41.3 Å². The molecule has 0 amide bonds. The Kier molecular flexibility index (Phi) is 8.06. The molecule has 0 aliphatic carbocycles. The maximum atomic E-state index is 16.1. The number of nitrogens with one attached hydrogen (secondary N) is 2. The monoisotopic (exact) mass is 704 g/mol. The number of rotatable bonds is 3. The summed E-state index contributed by atoms with van der Waals surface area (Å²) in [6.45, 7) is -4.49. The van der Waals surface area contributed by atoms with E-state index in [4.69, 9.17) is 40.6 Å². The number of nitrogens with zero attached hydrogens (tertiary/aromatic N) is 7. The molecule has 4 aromatic rings. The second-order valence-electron chi connectivity index (χ2n) is 10.8. The molecular weight excluding hydrogens is 677 g/mol. The number of imidazole rings is 2. The molecule has 3 saturated heterocycles. The molecule has 20 nitrogen and oxygen atoms in total. The molecule has 7 rings (SSSR count). The maximum Gasteiger partial charge on any atom is 0.403 e. The average Bonchev–Trinajstić information content (AvgIpc) is 3.75. The average molecular weight is 705 g/mol. The number of aliphatic hydroxyl groups excluding tert-OH is 1. The molecular formula is C22H27FN10O10P2S. The predicted octanol–water partition coefficient (Wildman–Crippen LogP) is -0.701. The van der Waals surface area contributed by atoms with Gasteiger partial charge in [0.2, 0.25) is 0 Å². The van der Waals surface area contributed by atoms with Crippen LogP contribution in [0.25, 0.3) is 22.3 Å². The van der Waals surface area contributed by atoms with Crippen molar-refractivity contribution in [1.82, 2.24) is 44.1 Å². The van der Waals surface area contributed by atoms with Crippen molar-refractivity contribution in [2.75, 3.05) is 25.6 Å². The Morgan fingerprint density at radius 1 is 1.07 bits per heavy atom. The number of fused-ring (bicyclic) bond motifs is 5. The molecule has 7 N–H and O–H groups in total. The van der Waals surface area contributed by atoms with E-state index in [1.807, 2.05) is 0 Å². The Labute approximate surface area is 261 Å². The van der Waals surface area contributed by atoms with Crippen LogP contribution in [0.5, 0.6) is 0 Å². The van der Waals surface area contributed by atoms with Crippen LogP contribution in [0.2, 0.25) is 0 Å². The van der Waals surface area contributed by atoms with Gasteiger partial charge in [0.1, 0.15) is 29.9 Å². The van der Waals surface area contributed by atoms with Crippen molar-refractivity contribution in [3.05, 3.63) is 35.2 Å². The number of aliphatic hydroxyl groups is 1. The van der Waals surface area contributed by atoms with Crippen LogP contribution in [0.3, 0.4) is 0 Å². The number of ether oxygens (including phenoxy) is 2. The highest BCUT2D eigenvalue weighted by Crippen LogP contribution is 2.53. The summed E-state index contributed by atoms with van der Waals surface area (Å²) in [4.78, 5) is 57.5. The maximum absolute atomic E-state index is 16.1. The third-order valence-corrected chi connectivity index (χ3v) is 10.6. The first kappa shape index (κ1) is 31.7. The largest absolute Gasteiger partial charge is 0.403 e. The summed E-state index contributed by atoms with van der Waals surface area (Å²) in [5, 5.41) is 12.6. The van der Waals surface area contributed by atoms with E-state index in [0.29, 0.717) is 0 Å². The lowest BCUT2D eigenvalue weighted by Gasteiger charge is -2.28. The number of H-pyrrole nitrogens is 1. The minimum Gasteiger partial charge on any atom is -0.396 e. The van der Waals surface area contributed by atoms with Crippen molar-refractivity contribution in [3.63, 3.8) is 0 Å². The zero-order chi connectivity index (χ0) is 32.5. The highest BCUT2D eigenvalue weighted by Gasteiger charge is 2.53. The van der Waals surface area contributed by atoms with E-state index in [-0.39, 0.29) is 34.0 Å². The van der Waals surface area contributed by atoms with Gasteiger partial charge in [-0.2, -0.15) is 0 Å². The van der Waals surface area contributed by atoms with Crippen molar-refractivity contribution in [2.24, 2.45) is 5.92 Å². The molecule has 0 aromatic carbocycles. The fourth-order valence-corrected chi connectivity index (χ4v) is 8.34. The number of nitrogens with two attached hydrogens (primary N) is 1. The number of aromatic nitrogens is 8. The smallest absolute Gasteiger partial charge is 0.396 e. The van der Waals surface area contributed by atoms with E-state index in [1.165, 1.54) is 21.8 Å². The van der Waals surface area contributed by atoms with Gasteiger partial charge in [-0.25, -0.2) is 39.0 Å². The molecule has 2 bridgehead atoms. The Balaban J connectivity index is 1.22. The zero-order valence-electron chi connectivity index (χ0n) is 23.6. The van der Waals surface area contributed by atoms with Crippen LogP contribution in [-0.2, 0) is 39.4 Å². The van der Waals surface area contributed by atoms with Gasteiger partial charge in [-0.15, -0.1) is 0 Å². The lowest BCUT2D eigenvalue weighted by Crippen LogP contribution is -2.43. The Morgan fingerprint density at radius 3 is 2.52 bits per heavy atom. The fraction of sp³-hybridized carbons (Fsp3) is 0.545. The van der Waals surface area contributed by atoms with Gasteiger partial charge in [0.05, 0.1) is 44.6 Å². The zero-order valence-corrected chi connectivity index (χ0v) is 26.2. The van der Waals surface area contributed by atoms with Gasteiger partial charge in [0, 0.05) is 5.92 Å². The Hall–Kier alpha value is -2.85. The van der Waals surface area contributed by atoms with Crippen molar-refractivity contribution in [3.8, 4) is 0 Å². The normalized spacial score (nSPS) is 37.2. The lowest BCUT2D eigenvalue weighted by atomic mass is 9.99. The molecule has 10 atom stereocenters. The number of hydrogen-bond donors (Lipinski definition) is 6. The minimum absolute atomic E-state index is 0.0223. The van der Waals surface area contributed by atoms with Crippen LogP contribution >= 0.6 is 14.5 Å². The quantitative estimate of drug-likeness (QED) is 0.144. The third kappa shape index (κ3) is 5.57. The molecule has 248 valence electrons. The molecule has 24 heteroatoms. The lowest BCUT2D eigenvalue weighted by molar-refractivity contribution is -0.0520. The van der Waals surface area contributed by atoms with Gasteiger partial charge < -0.3 is 44.1 Å². The number of aromatic amines is 1. The summed E-state index contributed by atoms with van der Waals surface area (Å²) in [6.07, 6.45) is -4.73. The van der Waals surface area contributed by atoms with Crippen molar-refractivity contribution in [1.29, 1.82) is 0 Å². The Morgan fingerprint density at radius 2 is 1.76 bits per heavy atom. The number of nitrogen functional groups attached to an aromatic ring is 1. The van der Waals surface area contributed by atoms with Crippen LogP contribution in [0.1, 0.15) is 18.3 Å². The number of halogens is 1. The van der Waals surface area contributed by atoms with E-state index in [2.05, 4.69) is 35.0 Å². The van der Waals surface area contributed by atoms with Crippen molar-refractivity contribution in [2.45, 2.75) is 49.9 Å². The topological polar surface area (TPSA) is 269 Å². The summed E-state index contributed by atoms with van der Waals surface area (Å²) >= 11 is 5.30. The molecule has 46 heavy (non-hydrogen) atoms. The Bertz CT molecular complexity index is 1960. The first-order valence-corrected chi connectivity index (χ1v) is 17.9. The molecule has 0 spiro atoms. The molecule has 0 saturated carbocycles. The molecule has 10 unspecified atom stereocenters. The van der Waals surface area contributed by atoms with E-state index in [9.17, 15) is 24.3 Å². The second kappa shape index (κ2) is 11.7. The summed E-state index contributed by atoms with van der Waals surface area (Å²) in [5.74, 6) is -0.679. The van der Waals surface area contributed by atoms with Gasteiger partial charge >= 0.3 is 14.5 Å². The third-order valence-electron chi connectivity index (χ3n) is 7.90. The predicted molar refractivity (Wildman–Crippen MR) is 156 cm³/mol. The number of aryl methyl sites for hydroxylation is 1. The van der Waals surface area contributed by atoms with E-state index < -0.39 is 88.7 Å². The van der Waals surface area contributed by atoms with Crippen LogP contribution < -0.4 is 16.4 Å². The van der Waals surface area contributed by atoms with Crippen LogP contribution in [0.4, 0.5) is 10.2 Å². The van der Waals surface area contributed by atoms with Crippen LogP contribution in [-0.4, -0.2) is 104 Å². The molecule has 3 fully saturated rings. The van der Waals surface area contributed by atoms with Crippen LogP contribution in [0, 0.1) is 12.8 Å². The van der Waals surface area contributed by atoms with Crippen molar-refractivity contribution >= 4 is 54.4 Å². The van der Waals surface area contributed by atoms with E-state index in [0.717, 1.165) is 6.33 Å². The summed E-state index contributed by atoms with van der Waals surface area (Å²) in [5.41, 5.74) is 5.74. The highest BCUT2D eigenvalue weighted by atomic mass is 32.5. The fourth-order valence-electron chi connectivity index (χ4n) is 5.79. The standard InChI is InChI=1S/C22H27FN10O10P2S/c1-8-29-19-15(20(35)30-8)28-7-33(19)22-16-9(2-34)10(41-22)3-39-44(36,37)31-13-11(4-40-45(38,46)43-16)42-21(12(13)23)32-6-27-14-17(24)25-5-26-18(14)32/h5-7,9-13,16,21-22,34H,2-4H2,1H3,(H,38,46)(H2,24,25,26)(H,29,30,35)(H2,31,36,37). The molecule has 7 heterocycles. The van der Waals surface area contributed by atoms with E-state index in [1.54, 1.807) is 6.92 Å². The summed E-state index contributed by atoms with van der Waals surface area (Å²) in [6, 6.07) is -1.53. The van der Waals surface area contributed by atoms with Crippen molar-refractivity contribution < 1.29 is 46.9 Å². The first-order chi connectivity index (χ1) is 21.9. The molecule has 4 aromatic heterocycles. The number of anilines is 1. The first-order valence-electron chi connectivity index (χ1n) is 13.7. The van der Waals surface area contributed by atoms with Gasteiger partial charge in [-0.3, -0.25) is 18.5 Å². The van der Waals surface area contributed by atoms with Gasteiger partial charge in [-0.05, 0) is 18.7 Å². The minimum atomic E-state index is -4.81. The molecule has 3 aliphatic rings. The van der Waals surface area contributed by atoms with Gasteiger partial charge in [-0.1, -0.05) is 0 Å². The number of hydrogen-bond acceptors (Lipinski definition) is 15. The molecule has 3 aliphatic heterocycles. The van der Waals surface area contributed by atoms with Crippen LogP contribution in [0.15, 0.2) is 23.8 Å². The summed E-state index contributed by atoms with van der Waals surface area (Å²) in [7, 11) is -4.81. The highest BCUT2D eigenvalue weighted by molar-refractivity contribution is 8.07. The van der Waals surface area contributed by atoms with Gasteiger partial charge in [0.25, 0.3) is 5.56 Å². The number of alkyl halides is 1. The van der Waals surface area contributed by atoms with E-state index >= 15 is 4.39 Å². The SMILES string of the molecule is Cc1nc2c(ncn2C2OC3COP(=O)(O)NC4C(COP(O)(=S)OC2C3CO)OC(n2cnc3c(N)ncnc32)C4F)c(=O)[nH]1. The summed E-state index contributed by atoms with van der Waals surface area (Å²) < 4.78 is 60.7. The molecule has 0 radical (unpaired) electrons.